The lowest BCUT2D eigenvalue weighted by molar-refractivity contribution is 0.0282. The third-order valence-corrected chi connectivity index (χ3v) is 4.33. The number of fused-ring (bicyclic) bond motifs is 1. The second kappa shape index (κ2) is 5.95. The Balaban J connectivity index is 1.83. The van der Waals surface area contributed by atoms with Crippen molar-refractivity contribution in [3.63, 3.8) is 0 Å². The average molecular weight is 287 g/mol. The van der Waals surface area contributed by atoms with Gasteiger partial charge >= 0.3 is 0 Å². The lowest BCUT2D eigenvalue weighted by Gasteiger charge is -2.34. The van der Waals surface area contributed by atoms with Crippen LogP contribution in [-0.4, -0.2) is 39.2 Å². The van der Waals surface area contributed by atoms with E-state index in [1.54, 1.807) is 0 Å². The summed E-state index contributed by atoms with van der Waals surface area (Å²) in [5.74, 6) is 0. The van der Waals surface area contributed by atoms with Gasteiger partial charge in [-0.15, -0.1) is 0 Å². The van der Waals surface area contributed by atoms with Crippen LogP contribution in [0.25, 0.3) is 11.0 Å². The zero-order valence-corrected chi connectivity index (χ0v) is 12.2. The molecule has 5 nitrogen and oxygen atoms in total. The summed E-state index contributed by atoms with van der Waals surface area (Å²) in [5.41, 5.74) is 1.91. The van der Waals surface area contributed by atoms with Crippen molar-refractivity contribution in [3.8, 4) is 0 Å². The van der Waals surface area contributed by atoms with Gasteiger partial charge in [-0.25, -0.2) is 4.98 Å². The molecular formula is C16H21N3O2. The van der Waals surface area contributed by atoms with Crippen LogP contribution in [0.1, 0.15) is 31.4 Å². The van der Waals surface area contributed by atoms with Gasteiger partial charge in [-0.3, -0.25) is 9.69 Å². The Bertz CT molecular complexity index is 683. The van der Waals surface area contributed by atoms with Gasteiger partial charge in [0.25, 0.3) is 5.56 Å². The molecule has 112 valence electrons. The normalized spacial score (nSPS) is 22.8. The fourth-order valence-corrected chi connectivity index (χ4v) is 3.13. The Labute approximate surface area is 123 Å². The number of aromatic amines is 1. The molecule has 2 atom stereocenters. The second-order valence-electron chi connectivity index (χ2n) is 5.86. The number of H-pyrrole nitrogens is 1. The average Bonchev–Trinajstić information content (AvgIpc) is 2.48. The van der Waals surface area contributed by atoms with Gasteiger partial charge in [-0.2, -0.15) is 0 Å². The number of likely N-dealkylation sites (N-methyl/N-ethyl adjacent to an activating group) is 1. The van der Waals surface area contributed by atoms with E-state index in [1.807, 2.05) is 31.3 Å². The lowest BCUT2D eigenvalue weighted by atomic mass is 9.91. The van der Waals surface area contributed by atoms with E-state index in [1.165, 1.54) is 0 Å². The first-order valence-electron chi connectivity index (χ1n) is 7.51. The Hall–Kier alpha value is -1.72. The zero-order chi connectivity index (χ0) is 14.8. The third-order valence-electron chi connectivity index (χ3n) is 4.33. The molecule has 1 aliphatic carbocycles. The molecule has 2 N–H and O–H groups in total. The van der Waals surface area contributed by atoms with E-state index in [0.717, 1.165) is 36.7 Å². The van der Waals surface area contributed by atoms with Gasteiger partial charge in [0, 0.05) is 12.6 Å². The van der Waals surface area contributed by atoms with Gasteiger partial charge in [0.1, 0.15) is 5.69 Å². The minimum absolute atomic E-state index is 0.117. The van der Waals surface area contributed by atoms with Crippen molar-refractivity contribution in [2.24, 2.45) is 0 Å². The highest BCUT2D eigenvalue weighted by atomic mass is 16.3. The summed E-state index contributed by atoms with van der Waals surface area (Å²) in [6.45, 7) is 0.460. The molecule has 5 heteroatoms. The van der Waals surface area contributed by atoms with Crippen molar-refractivity contribution in [2.75, 3.05) is 7.05 Å². The Morgan fingerprint density at radius 2 is 2.10 bits per heavy atom. The van der Waals surface area contributed by atoms with E-state index in [-0.39, 0.29) is 17.7 Å². The molecule has 1 saturated carbocycles. The van der Waals surface area contributed by atoms with Crippen molar-refractivity contribution < 1.29 is 5.11 Å². The van der Waals surface area contributed by atoms with Gasteiger partial charge in [0.2, 0.25) is 0 Å². The Morgan fingerprint density at radius 1 is 1.33 bits per heavy atom. The van der Waals surface area contributed by atoms with Gasteiger partial charge < -0.3 is 10.1 Å². The van der Waals surface area contributed by atoms with Crippen molar-refractivity contribution >= 4 is 11.0 Å². The molecule has 1 aromatic heterocycles. The molecule has 0 spiro atoms. The largest absolute Gasteiger partial charge is 0.391 e. The quantitative estimate of drug-likeness (QED) is 0.901. The van der Waals surface area contributed by atoms with Crippen LogP contribution in [0.2, 0.25) is 0 Å². The third kappa shape index (κ3) is 2.99. The number of hydrogen-bond acceptors (Lipinski definition) is 4. The molecule has 2 unspecified atom stereocenters. The fraction of sp³-hybridized carbons (Fsp3) is 0.500. The van der Waals surface area contributed by atoms with E-state index in [0.29, 0.717) is 12.2 Å². The SMILES string of the molecule is CN(Cc1nc2ccccc2[nH]c1=O)C1CCCCC1O. The molecule has 0 amide bonds. The minimum Gasteiger partial charge on any atom is -0.391 e. The van der Waals surface area contributed by atoms with Crippen molar-refractivity contribution in [3.05, 3.63) is 40.3 Å². The van der Waals surface area contributed by atoms with E-state index in [2.05, 4.69) is 14.9 Å². The smallest absolute Gasteiger partial charge is 0.271 e. The summed E-state index contributed by atoms with van der Waals surface area (Å²) in [4.78, 5) is 21.5. The molecule has 1 aliphatic rings. The number of benzene rings is 1. The van der Waals surface area contributed by atoms with E-state index >= 15 is 0 Å². The number of rotatable bonds is 3. The van der Waals surface area contributed by atoms with E-state index in [4.69, 9.17) is 0 Å². The van der Waals surface area contributed by atoms with Crippen LogP contribution >= 0.6 is 0 Å². The zero-order valence-electron chi connectivity index (χ0n) is 12.2. The van der Waals surface area contributed by atoms with Crippen molar-refractivity contribution in [1.29, 1.82) is 0 Å². The molecule has 1 fully saturated rings. The highest BCUT2D eigenvalue weighted by molar-refractivity contribution is 5.73. The van der Waals surface area contributed by atoms with E-state index in [9.17, 15) is 9.90 Å². The van der Waals surface area contributed by atoms with Crippen LogP contribution in [0.15, 0.2) is 29.1 Å². The van der Waals surface area contributed by atoms with Crippen LogP contribution in [0, 0.1) is 0 Å². The second-order valence-corrected chi connectivity index (χ2v) is 5.86. The summed E-state index contributed by atoms with van der Waals surface area (Å²) in [7, 11) is 1.95. The molecule has 0 saturated heterocycles. The highest BCUT2D eigenvalue weighted by Crippen LogP contribution is 2.23. The molecular weight excluding hydrogens is 266 g/mol. The van der Waals surface area contributed by atoms with Crippen molar-refractivity contribution in [2.45, 2.75) is 44.4 Å². The number of hydrogen-bond donors (Lipinski definition) is 2. The molecule has 0 aliphatic heterocycles. The van der Waals surface area contributed by atoms with Gasteiger partial charge in [0.15, 0.2) is 0 Å². The predicted octanol–water partition coefficient (Wildman–Crippen LogP) is 1.66. The summed E-state index contributed by atoms with van der Waals surface area (Å²) in [6.07, 6.45) is 3.73. The fourth-order valence-electron chi connectivity index (χ4n) is 3.13. The predicted molar refractivity (Wildman–Crippen MR) is 82.1 cm³/mol. The summed E-state index contributed by atoms with van der Waals surface area (Å²) in [6, 6.07) is 7.65. The number of para-hydroxylation sites is 2. The number of aromatic nitrogens is 2. The summed E-state index contributed by atoms with van der Waals surface area (Å²) in [5, 5.41) is 10.1. The van der Waals surface area contributed by atoms with Gasteiger partial charge in [0.05, 0.1) is 17.1 Å². The van der Waals surface area contributed by atoms with Crippen LogP contribution in [-0.2, 0) is 6.54 Å². The number of nitrogens with one attached hydrogen (secondary N) is 1. The maximum absolute atomic E-state index is 12.1. The van der Waals surface area contributed by atoms with E-state index < -0.39 is 0 Å². The van der Waals surface area contributed by atoms with Gasteiger partial charge in [-0.1, -0.05) is 25.0 Å². The minimum atomic E-state index is -0.303. The maximum Gasteiger partial charge on any atom is 0.271 e. The first kappa shape index (κ1) is 14.2. The topological polar surface area (TPSA) is 69.2 Å². The van der Waals surface area contributed by atoms with Crippen LogP contribution in [0.4, 0.5) is 0 Å². The first-order valence-corrected chi connectivity index (χ1v) is 7.51. The molecule has 1 heterocycles. The number of aliphatic hydroxyl groups excluding tert-OH is 1. The first-order chi connectivity index (χ1) is 10.1. The number of aliphatic hydroxyl groups is 1. The molecule has 0 bridgehead atoms. The summed E-state index contributed by atoms with van der Waals surface area (Å²) < 4.78 is 0. The van der Waals surface area contributed by atoms with Gasteiger partial charge in [-0.05, 0) is 32.0 Å². The van der Waals surface area contributed by atoms with Crippen LogP contribution in [0.5, 0.6) is 0 Å². The lowest BCUT2D eigenvalue weighted by Crippen LogP contribution is -2.43. The molecule has 1 aromatic carbocycles. The Morgan fingerprint density at radius 3 is 2.90 bits per heavy atom. The molecule has 21 heavy (non-hydrogen) atoms. The van der Waals surface area contributed by atoms with Crippen molar-refractivity contribution in [1.82, 2.24) is 14.9 Å². The summed E-state index contributed by atoms with van der Waals surface area (Å²) >= 11 is 0. The standard InChI is InChI=1S/C16H21N3O2/c1-19(14-8-4-5-9-15(14)20)10-13-16(21)18-12-7-3-2-6-11(12)17-13/h2-3,6-7,14-15,20H,4-5,8-10H2,1H3,(H,18,21). The van der Waals surface area contributed by atoms with Crippen LogP contribution < -0.4 is 5.56 Å². The maximum atomic E-state index is 12.1. The molecule has 0 radical (unpaired) electrons. The Kier molecular flexibility index (Phi) is 4.03. The number of nitrogens with zero attached hydrogens (tertiary/aromatic N) is 2. The molecule has 2 aromatic rings. The molecule has 3 rings (SSSR count). The monoisotopic (exact) mass is 287 g/mol. The highest BCUT2D eigenvalue weighted by Gasteiger charge is 2.27. The van der Waals surface area contributed by atoms with Crippen LogP contribution in [0.3, 0.4) is 0 Å².